The van der Waals surface area contributed by atoms with Gasteiger partial charge in [0.15, 0.2) is 6.07 Å². The number of alkyl carbamates (subject to hydrolysis) is 1. The van der Waals surface area contributed by atoms with E-state index < -0.39 is 41.9 Å². The molecule has 0 aliphatic heterocycles. The Kier molecular flexibility index (Phi) is 9.61. The lowest BCUT2D eigenvalue weighted by Crippen LogP contribution is -2.44. The van der Waals surface area contributed by atoms with Gasteiger partial charge in [0.1, 0.15) is 11.6 Å². The molecule has 0 aromatic rings. The molecule has 146 valence electrons. The summed E-state index contributed by atoms with van der Waals surface area (Å²) in [5.41, 5.74) is -0.771. The van der Waals surface area contributed by atoms with E-state index in [9.17, 15) is 27.6 Å². The SMILES string of the molecule is CC(C)(C)OC(=O)NC(CCCCNC(=O)C(F)(F)F)C(=O)OCCl. The molecule has 2 N–H and O–H groups in total. The van der Waals surface area contributed by atoms with Crippen molar-refractivity contribution in [2.24, 2.45) is 0 Å². The highest BCUT2D eigenvalue weighted by atomic mass is 35.5. The van der Waals surface area contributed by atoms with Gasteiger partial charge in [-0.05, 0) is 40.0 Å². The summed E-state index contributed by atoms with van der Waals surface area (Å²) in [7, 11) is 0. The van der Waals surface area contributed by atoms with Crippen molar-refractivity contribution in [3.05, 3.63) is 0 Å². The predicted octanol–water partition coefficient (Wildman–Crippen LogP) is 2.47. The number of esters is 1. The first-order valence-electron chi connectivity index (χ1n) is 7.44. The van der Waals surface area contributed by atoms with Gasteiger partial charge in [0.05, 0.1) is 0 Å². The molecule has 1 unspecified atom stereocenters. The van der Waals surface area contributed by atoms with E-state index in [0.717, 1.165) is 0 Å². The monoisotopic (exact) mass is 390 g/mol. The van der Waals surface area contributed by atoms with Crippen LogP contribution in [-0.4, -0.2) is 48.4 Å². The van der Waals surface area contributed by atoms with Crippen LogP contribution in [0.5, 0.6) is 0 Å². The van der Waals surface area contributed by atoms with Crippen molar-refractivity contribution in [2.75, 3.05) is 12.6 Å². The van der Waals surface area contributed by atoms with Crippen molar-refractivity contribution >= 4 is 29.6 Å². The lowest BCUT2D eigenvalue weighted by Gasteiger charge is -2.22. The van der Waals surface area contributed by atoms with Crippen LogP contribution < -0.4 is 10.6 Å². The molecule has 0 fully saturated rings. The molecular weight excluding hydrogens is 369 g/mol. The number of amides is 2. The number of alkyl halides is 4. The van der Waals surface area contributed by atoms with Crippen LogP contribution in [0.3, 0.4) is 0 Å². The normalized spacial score (nSPS) is 12.9. The number of rotatable bonds is 8. The Morgan fingerprint density at radius 1 is 1.12 bits per heavy atom. The van der Waals surface area contributed by atoms with E-state index in [4.69, 9.17) is 16.3 Å². The summed E-state index contributed by atoms with van der Waals surface area (Å²) in [6.45, 7) is 4.70. The van der Waals surface area contributed by atoms with Gasteiger partial charge in [0.25, 0.3) is 0 Å². The fraction of sp³-hybridized carbons (Fsp3) is 0.786. The predicted molar refractivity (Wildman–Crippen MR) is 82.9 cm³/mol. The van der Waals surface area contributed by atoms with Crippen molar-refractivity contribution in [1.82, 2.24) is 10.6 Å². The van der Waals surface area contributed by atoms with E-state index in [1.54, 1.807) is 26.1 Å². The van der Waals surface area contributed by atoms with E-state index in [1.165, 1.54) is 0 Å². The maximum Gasteiger partial charge on any atom is 0.471 e. The Labute approximate surface area is 148 Å². The molecule has 0 aliphatic rings. The number of hydrogen-bond acceptors (Lipinski definition) is 5. The molecule has 7 nitrogen and oxygen atoms in total. The highest BCUT2D eigenvalue weighted by Gasteiger charge is 2.38. The molecule has 0 bridgehead atoms. The van der Waals surface area contributed by atoms with Gasteiger partial charge in [-0.15, -0.1) is 0 Å². The zero-order valence-electron chi connectivity index (χ0n) is 14.2. The molecule has 0 saturated heterocycles. The first-order chi connectivity index (χ1) is 11.4. The largest absolute Gasteiger partial charge is 0.471 e. The summed E-state index contributed by atoms with van der Waals surface area (Å²) < 4.78 is 45.7. The second-order valence-corrected chi connectivity index (χ2v) is 6.24. The van der Waals surface area contributed by atoms with Crippen molar-refractivity contribution < 1.29 is 37.0 Å². The molecule has 0 heterocycles. The van der Waals surface area contributed by atoms with Gasteiger partial charge in [-0.25, -0.2) is 9.59 Å². The third-order valence-electron chi connectivity index (χ3n) is 2.63. The second-order valence-electron chi connectivity index (χ2n) is 6.02. The van der Waals surface area contributed by atoms with Gasteiger partial charge in [-0.2, -0.15) is 13.2 Å². The molecule has 11 heteroatoms. The second kappa shape index (κ2) is 10.3. The molecule has 1 atom stereocenters. The molecule has 0 radical (unpaired) electrons. The maximum atomic E-state index is 12.0. The Balaban J connectivity index is 4.39. The van der Waals surface area contributed by atoms with E-state index >= 15 is 0 Å². The van der Waals surface area contributed by atoms with Gasteiger partial charge in [-0.1, -0.05) is 11.6 Å². The van der Waals surface area contributed by atoms with Crippen LogP contribution in [0.1, 0.15) is 40.0 Å². The first-order valence-corrected chi connectivity index (χ1v) is 7.97. The molecular formula is C14H22ClF3N2O5. The third-order valence-corrected chi connectivity index (χ3v) is 2.74. The van der Waals surface area contributed by atoms with Crippen molar-refractivity contribution in [3.8, 4) is 0 Å². The van der Waals surface area contributed by atoms with E-state index in [-0.39, 0.29) is 25.8 Å². The topological polar surface area (TPSA) is 93.7 Å². The average molecular weight is 391 g/mol. The highest BCUT2D eigenvalue weighted by molar-refractivity contribution is 6.17. The summed E-state index contributed by atoms with van der Waals surface area (Å²) in [5.74, 6) is -2.82. The van der Waals surface area contributed by atoms with Crippen LogP contribution in [-0.2, 0) is 19.1 Å². The van der Waals surface area contributed by atoms with Crippen LogP contribution >= 0.6 is 11.6 Å². The molecule has 2 amide bonds. The van der Waals surface area contributed by atoms with Gasteiger partial charge in [0, 0.05) is 6.54 Å². The summed E-state index contributed by atoms with van der Waals surface area (Å²) in [6, 6.07) is -1.47. The quantitative estimate of drug-likeness (QED) is 0.377. The van der Waals surface area contributed by atoms with Gasteiger partial charge in [0.2, 0.25) is 0 Å². The summed E-state index contributed by atoms with van der Waals surface area (Å²) in [6.07, 6.45) is -5.28. The Bertz CT molecular complexity index is 466. The van der Waals surface area contributed by atoms with Crippen LogP contribution in [0.4, 0.5) is 18.0 Å². The van der Waals surface area contributed by atoms with Crippen molar-refractivity contribution in [2.45, 2.75) is 57.9 Å². The fourth-order valence-corrected chi connectivity index (χ4v) is 1.74. The Morgan fingerprint density at radius 2 is 1.72 bits per heavy atom. The summed E-state index contributed by atoms with van der Waals surface area (Å²) >= 11 is 5.30. The fourth-order valence-electron chi connectivity index (χ4n) is 1.63. The van der Waals surface area contributed by atoms with Crippen LogP contribution in [0.15, 0.2) is 0 Å². The summed E-state index contributed by atoms with van der Waals surface area (Å²) in [5, 5.41) is 4.03. The number of carbonyl (C=O) groups is 3. The third kappa shape index (κ3) is 11.5. The average Bonchev–Trinajstić information content (AvgIpc) is 2.42. The standard InChI is InChI=1S/C14H22ClF3N2O5/c1-13(2,3)25-12(23)20-9(10(21)24-8-15)6-4-5-7-19-11(22)14(16,17)18/h9H,4-8H2,1-3H3,(H,19,22)(H,20,23). The minimum Gasteiger partial charge on any atom is -0.448 e. The van der Waals surface area contributed by atoms with Gasteiger partial charge >= 0.3 is 24.1 Å². The van der Waals surface area contributed by atoms with Crippen LogP contribution in [0.25, 0.3) is 0 Å². The molecule has 25 heavy (non-hydrogen) atoms. The summed E-state index contributed by atoms with van der Waals surface area (Å²) in [4.78, 5) is 34.1. The number of ether oxygens (including phenoxy) is 2. The smallest absolute Gasteiger partial charge is 0.448 e. The molecule has 0 aliphatic carbocycles. The zero-order valence-corrected chi connectivity index (χ0v) is 14.9. The number of unbranched alkanes of at least 4 members (excludes halogenated alkanes) is 1. The zero-order chi connectivity index (χ0) is 19.7. The maximum absolute atomic E-state index is 12.0. The highest BCUT2D eigenvalue weighted by Crippen LogP contribution is 2.14. The first kappa shape index (κ1) is 23.3. The van der Waals surface area contributed by atoms with Crippen LogP contribution in [0, 0.1) is 0 Å². The van der Waals surface area contributed by atoms with E-state index in [0.29, 0.717) is 0 Å². The number of halogens is 4. The number of nitrogens with one attached hydrogen (secondary N) is 2. The number of carbonyl (C=O) groups excluding carboxylic acids is 3. The molecule has 0 aromatic heterocycles. The van der Waals surface area contributed by atoms with Crippen LogP contribution in [0.2, 0.25) is 0 Å². The van der Waals surface area contributed by atoms with Gasteiger partial charge in [-0.3, -0.25) is 4.79 Å². The molecule has 0 aromatic carbocycles. The minimum absolute atomic E-state index is 0.0802. The molecule has 0 saturated carbocycles. The minimum atomic E-state index is -4.94. The van der Waals surface area contributed by atoms with E-state index in [2.05, 4.69) is 10.1 Å². The lowest BCUT2D eigenvalue weighted by atomic mass is 10.1. The molecule has 0 rings (SSSR count). The van der Waals surface area contributed by atoms with Gasteiger partial charge < -0.3 is 20.1 Å². The molecule has 0 spiro atoms. The van der Waals surface area contributed by atoms with E-state index in [1.807, 2.05) is 0 Å². The van der Waals surface area contributed by atoms with Crippen molar-refractivity contribution in [3.63, 3.8) is 0 Å². The number of hydrogen-bond donors (Lipinski definition) is 2. The Morgan fingerprint density at radius 3 is 2.20 bits per heavy atom. The Hall–Kier alpha value is -1.71. The van der Waals surface area contributed by atoms with Crippen molar-refractivity contribution in [1.29, 1.82) is 0 Å². The lowest BCUT2D eigenvalue weighted by molar-refractivity contribution is -0.173.